The van der Waals surface area contributed by atoms with E-state index in [1.165, 1.54) is 0 Å². The smallest absolute Gasteiger partial charge is 0.338 e. The van der Waals surface area contributed by atoms with Crippen molar-refractivity contribution in [2.75, 3.05) is 24.7 Å². The topological polar surface area (TPSA) is 113 Å². The van der Waals surface area contributed by atoms with Crippen LogP contribution >= 0.6 is 0 Å². The summed E-state index contributed by atoms with van der Waals surface area (Å²) in [6.07, 6.45) is 2.66. The molecule has 1 unspecified atom stereocenters. The number of carbonyl (C=O) groups is 1. The highest BCUT2D eigenvalue weighted by Gasteiger charge is 2.27. The second kappa shape index (κ2) is 7.38. The molecule has 1 aromatic carbocycles. The van der Waals surface area contributed by atoms with Crippen LogP contribution in [0, 0.1) is 0 Å². The van der Waals surface area contributed by atoms with Gasteiger partial charge >= 0.3 is 5.97 Å². The summed E-state index contributed by atoms with van der Waals surface area (Å²) < 4.78 is 10.7. The maximum atomic E-state index is 11.6. The number of hydrogen-bond acceptors (Lipinski definition) is 7. The first-order valence-electron chi connectivity index (χ1n) is 8.40. The molecule has 0 fully saturated rings. The van der Waals surface area contributed by atoms with E-state index in [9.17, 15) is 4.79 Å². The molecule has 0 saturated carbocycles. The van der Waals surface area contributed by atoms with E-state index >= 15 is 0 Å². The Kier molecular flexibility index (Phi) is 5.02. The highest BCUT2D eigenvalue weighted by molar-refractivity contribution is 5.89. The summed E-state index contributed by atoms with van der Waals surface area (Å²) in [5, 5.41) is 0. The Hall–Kier alpha value is -2.83. The zero-order chi connectivity index (χ0) is 17.8. The van der Waals surface area contributed by atoms with Crippen molar-refractivity contribution in [3.63, 3.8) is 0 Å². The normalized spacial score (nSPS) is 15.6. The van der Waals surface area contributed by atoms with E-state index in [0.29, 0.717) is 30.3 Å². The highest BCUT2D eigenvalue weighted by Crippen LogP contribution is 2.37. The van der Waals surface area contributed by atoms with Gasteiger partial charge in [-0.15, -0.1) is 0 Å². The maximum Gasteiger partial charge on any atom is 0.338 e. The van der Waals surface area contributed by atoms with E-state index in [1.807, 2.05) is 0 Å². The summed E-state index contributed by atoms with van der Waals surface area (Å²) >= 11 is 0. The van der Waals surface area contributed by atoms with Gasteiger partial charge in [-0.3, -0.25) is 0 Å². The highest BCUT2D eigenvalue weighted by atomic mass is 16.5. The van der Waals surface area contributed by atoms with Crippen molar-refractivity contribution in [3.05, 3.63) is 41.1 Å². The number of aromatic nitrogens is 2. The molecule has 1 aromatic heterocycles. The van der Waals surface area contributed by atoms with Gasteiger partial charge in [-0.05, 0) is 56.4 Å². The Balaban J connectivity index is 1.55. The van der Waals surface area contributed by atoms with Crippen molar-refractivity contribution in [3.8, 4) is 5.75 Å². The fraction of sp³-hybridized carbons (Fsp3) is 0.389. The number of nitrogens with zero attached hydrogens (tertiary/aromatic N) is 2. The molecule has 0 bridgehead atoms. The number of nitrogen functional groups attached to an aromatic ring is 2. The van der Waals surface area contributed by atoms with E-state index in [4.69, 9.17) is 20.9 Å². The Morgan fingerprint density at radius 1 is 1.24 bits per heavy atom. The molecule has 0 aliphatic heterocycles. The minimum Gasteiger partial charge on any atom is -0.494 e. The first-order valence-corrected chi connectivity index (χ1v) is 8.40. The molecule has 0 amide bonds. The van der Waals surface area contributed by atoms with Gasteiger partial charge in [0.25, 0.3) is 0 Å². The largest absolute Gasteiger partial charge is 0.494 e. The minimum atomic E-state index is -0.327. The van der Waals surface area contributed by atoms with Crippen LogP contribution in [0.1, 0.15) is 47.3 Å². The van der Waals surface area contributed by atoms with Gasteiger partial charge in [0, 0.05) is 5.56 Å². The molecule has 3 rings (SSSR count). The van der Waals surface area contributed by atoms with E-state index < -0.39 is 0 Å². The number of hydrogen-bond donors (Lipinski definition) is 2. The summed E-state index contributed by atoms with van der Waals surface area (Å²) in [5.74, 6) is 1.38. The van der Waals surface area contributed by atoms with Crippen molar-refractivity contribution in [1.29, 1.82) is 0 Å². The predicted molar refractivity (Wildman–Crippen MR) is 94.4 cm³/mol. The SMILES string of the molecule is CCOC(=O)c1ccc(OCCC2CCc3nc(N)nc(N)c32)cc1. The number of carbonyl (C=O) groups excluding carboxylic acids is 1. The second-order valence-corrected chi connectivity index (χ2v) is 5.94. The predicted octanol–water partition coefficient (Wildman–Crippen LogP) is 2.32. The summed E-state index contributed by atoms with van der Waals surface area (Å²) in [6.45, 7) is 2.69. The number of benzene rings is 1. The Labute approximate surface area is 146 Å². The minimum absolute atomic E-state index is 0.231. The molecule has 1 aliphatic carbocycles. The molecule has 1 atom stereocenters. The lowest BCUT2D eigenvalue weighted by Gasteiger charge is -2.14. The van der Waals surface area contributed by atoms with Crippen LogP contribution < -0.4 is 16.2 Å². The van der Waals surface area contributed by atoms with Gasteiger partial charge in [-0.1, -0.05) is 0 Å². The summed E-state index contributed by atoms with van der Waals surface area (Å²) in [4.78, 5) is 20.0. The van der Waals surface area contributed by atoms with Crippen LogP contribution in [0.3, 0.4) is 0 Å². The average Bonchev–Trinajstić information content (AvgIpc) is 2.99. The van der Waals surface area contributed by atoms with E-state index in [-0.39, 0.29) is 17.8 Å². The number of esters is 1. The maximum absolute atomic E-state index is 11.6. The van der Waals surface area contributed by atoms with Crippen molar-refractivity contribution in [2.45, 2.75) is 32.1 Å². The van der Waals surface area contributed by atoms with E-state index in [1.54, 1.807) is 31.2 Å². The first-order chi connectivity index (χ1) is 12.1. The molecule has 0 radical (unpaired) electrons. The van der Waals surface area contributed by atoms with Gasteiger partial charge in [0.1, 0.15) is 11.6 Å². The quantitative estimate of drug-likeness (QED) is 0.774. The van der Waals surface area contributed by atoms with Gasteiger partial charge in [0.15, 0.2) is 0 Å². The number of fused-ring (bicyclic) bond motifs is 1. The van der Waals surface area contributed by atoms with Crippen LogP contribution in [-0.2, 0) is 11.2 Å². The number of aryl methyl sites for hydroxylation is 1. The van der Waals surface area contributed by atoms with Gasteiger partial charge < -0.3 is 20.9 Å². The molecule has 0 saturated heterocycles. The number of anilines is 2. The molecule has 1 aliphatic rings. The van der Waals surface area contributed by atoms with Gasteiger partial charge in [0.2, 0.25) is 5.95 Å². The molecule has 0 spiro atoms. The van der Waals surface area contributed by atoms with Crippen LogP contribution in [0.4, 0.5) is 11.8 Å². The van der Waals surface area contributed by atoms with Gasteiger partial charge in [-0.25, -0.2) is 9.78 Å². The fourth-order valence-corrected chi connectivity index (χ4v) is 3.15. The third-order valence-electron chi connectivity index (χ3n) is 4.31. The Morgan fingerprint density at radius 3 is 2.72 bits per heavy atom. The zero-order valence-corrected chi connectivity index (χ0v) is 14.2. The van der Waals surface area contributed by atoms with Crippen molar-refractivity contribution < 1.29 is 14.3 Å². The van der Waals surface area contributed by atoms with Crippen molar-refractivity contribution in [1.82, 2.24) is 9.97 Å². The van der Waals surface area contributed by atoms with Crippen LogP contribution in [0.2, 0.25) is 0 Å². The van der Waals surface area contributed by atoms with Crippen molar-refractivity contribution >= 4 is 17.7 Å². The first kappa shape index (κ1) is 17.0. The van der Waals surface area contributed by atoms with Crippen LogP contribution in [0.25, 0.3) is 0 Å². The molecule has 4 N–H and O–H groups in total. The second-order valence-electron chi connectivity index (χ2n) is 5.94. The van der Waals surface area contributed by atoms with Crippen LogP contribution in [-0.4, -0.2) is 29.2 Å². The molecule has 7 nitrogen and oxygen atoms in total. The molecule has 132 valence electrons. The lowest BCUT2D eigenvalue weighted by Crippen LogP contribution is -2.09. The molecule has 1 heterocycles. The van der Waals surface area contributed by atoms with E-state index in [0.717, 1.165) is 30.5 Å². The standard InChI is InChI=1S/C18H22N4O3/c1-2-24-17(23)12-3-6-13(7-4-12)25-10-9-11-5-8-14-15(11)16(19)22-18(20)21-14/h3-4,6-7,11H,2,5,8-10H2,1H3,(H4,19,20,21,22). The summed E-state index contributed by atoms with van der Waals surface area (Å²) in [5.41, 5.74) is 14.1. The lowest BCUT2D eigenvalue weighted by molar-refractivity contribution is 0.0526. The summed E-state index contributed by atoms with van der Waals surface area (Å²) in [7, 11) is 0. The van der Waals surface area contributed by atoms with Crippen LogP contribution in [0.5, 0.6) is 5.75 Å². The van der Waals surface area contributed by atoms with Gasteiger partial charge in [-0.2, -0.15) is 4.98 Å². The fourth-order valence-electron chi connectivity index (χ4n) is 3.15. The molecule has 7 heteroatoms. The van der Waals surface area contributed by atoms with E-state index in [2.05, 4.69) is 9.97 Å². The number of rotatable bonds is 6. The third-order valence-corrected chi connectivity index (χ3v) is 4.31. The lowest BCUT2D eigenvalue weighted by atomic mass is 10.00. The molecular weight excluding hydrogens is 320 g/mol. The third kappa shape index (κ3) is 3.81. The molecule has 25 heavy (non-hydrogen) atoms. The summed E-state index contributed by atoms with van der Waals surface area (Å²) in [6, 6.07) is 6.94. The zero-order valence-electron chi connectivity index (χ0n) is 14.2. The van der Waals surface area contributed by atoms with Crippen LogP contribution in [0.15, 0.2) is 24.3 Å². The number of nitrogens with two attached hydrogens (primary N) is 2. The Morgan fingerprint density at radius 2 is 2.00 bits per heavy atom. The number of ether oxygens (including phenoxy) is 2. The monoisotopic (exact) mass is 342 g/mol. The van der Waals surface area contributed by atoms with Crippen molar-refractivity contribution in [2.24, 2.45) is 0 Å². The van der Waals surface area contributed by atoms with Gasteiger partial charge in [0.05, 0.1) is 24.5 Å². The molecular formula is C18H22N4O3. The molecule has 2 aromatic rings. The average molecular weight is 342 g/mol. The Bertz CT molecular complexity index is 762.